The maximum Gasteiger partial charge on any atom is 0.220 e. The van der Waals surface area contributed by atoms with Crippen molar-refractivity contribution in [2.75, 3.05) is 13.2 Å². The molecule has 5 nitrogen and oxygen atoms in total. The van der Waals surface area contributed by atoms with Crippen molar-refractivity contribution in [2.24, 2.45) is 0 Å². The number of rotatable bonds is 6. The van der Waals surface area contributed by atoms with E-state index in [0.29, 0.717) is 25.5 Å². The number of aromatic nitrogens is 1. The quantitative estimate of drug-likeness (QED) is 0.878. The lowest BCUT2D eigenvalue weighted by molar-refractivity contribution is -0.124. The first-order valence-electron chi connectivity index (χ1n) is 8.71. The average molecular weight is 340 g/mol. The maximum atomic E-state index is 12.3. The number of pyridine rings is 1. The fourth-order valence-electron chi connectivity index (χ4n) is 2.86. The molecule has 1 aromatic carbocycles. The third-order valence-corrected chi connectivity index (χ3v) is 4.32. The summed E-state index contributed by atoms with van der Waals surface area (Å²) in [7, 11) is 0. The Hall–Kier alpha value is -2.40. The molecule has 0 saturated carbocycles. The van der Waals surface area contributed by atoms with Crippen molar-refractivity contribution < 1.29 is 14.3 Å². The molecule has 1 aliphatic heterocycles. The lowest BCUT2D eigenvalue weighted by atomic mass is 10.0. The summed E-state index contributed by atoms with van der Waals surface area (Å²) >= 11 is 0. The van der Waals surface area contributed by atoms with Crippen molar-refractivity contribution in [3.05, 3.63) is 59.8 Å². The summed E-state index contributed by atoms with van der Waals surface area (Å²) in [6.07, 6.45) is 3.42. The van der Waals surface area contributed by atoms with Crippen LogP contribution in [0.5, 0.6) is 5.88 Å². The van der Waals surface area contributed by atoms with E-state index in [4.69, 9.17) is 9.47 Å². The summed E-state index contributed by atoms with van der Waals surface area (Å²) in [4.78, 5) is 16.5. The van der Waals surface area contributed by atoms with Crippen LogP contribution in [0.3, 0.4) is 0 Å². The second-order valence-corrected chi connectivity index (χ2v) is 6.35. The van der Waals surface area contributed by atoms with Crippen molar-refractivity contribution in [3.8, 4) is 5.88 Å². The summed E-state index contributed by atoms with van der Waals surface area (Å²) in [6.45, 7) is 3.15. The Kier molecular flexibility index (Phi) is 6.01. The fourth-order valence-corrected chi connectivity index (χ4v) is 2.86. The third-order valence-electron chi connectivity index (χ3n) is 4.32. The molecule has 3 rings (SSSR count). The predicted octanol–water partition coefficient (Wildman–Crippen LogP) is 2.68. The molecule has 1 saturated heterocycles. The molecule has 0 unspecified atom stereocenters. The Labute approximate surface area is 148 Å². The third kappa shape index (κ3) is 5.29. The Bertz CT molecular complexity index is 673. The molecular formula is C20H24N2O3. The van der Waals surface area contributed by atoms with Gasteiger partial charge in [-0.25, -0.2) is 4.98 Å². The molecule has 0 spiro atoms. The van der Waals surface area contributed by atoms with Crippen LogP contribution in [0.4, 0.5) is 0 Å². The molecule has 132 valence electrons. The standard InChI is InChI=1S/C20H24N2O3/c1-15-5-7-16(8-6-15)9-10-19(23)22-17-11-13-24-14-18(17)25-20-4-2-3-12-21-20/h2-8,12,17-18H,9-11,13-14H2,1H3,(H,22,23)/t17-,18-/m1/s1. The Morgan fingerprint density at radius 1 is 1.28 bits per heavy atom. The normalized spacial score (nSPS) is 20.0. The van der Waals surface area contributed by atoms with E-state index in [0.717, 1.165) is 12.8 Å². The first-order valence-corrected chi connectivity index (χ1v) is 8.71. The topological polar surface area (TPSA) is 60.5 Å². The van der Waals surface area contributed by atoms with Crippen LogP contribution in [0.25, 0.3) is 0 Å². The van der Waals surface area contributed by atoms with Gasteiger partial charge in [0.15, 0.2) is 0 Å². The van der Waals surface area contributed by atoms with Gasteiger partial charge in [0.2, 0.25) is 11.8 Å². The molecule has 0 bridgehead atoms. The number of carbonyl (C=O) groups excluding carboxylic acids is 1. The lowest BCUT2D eigenvalue weighted by Crippen LogP contribution is -2.51. The van der Waals surface area contributed by atoms with Crippen molar-refractivity contribution in [1.29, 1.82) is 0 Å². The van der Waals surface area contributed by atoms with Crippen LogP contribution in [0.2, 0.25) is 0 Å². The van der Waals surface area contributed by atoms with Gasteiger partial charge >= 0.3 is 0 Å². The molecule has 2 heterocycles. The van der Waals surface area contributed by atoms with Crippen LogP contribution in [0, 0.1) is 6.92 Å². The number of hydrogen-bond donors (Lipinski definition) is 1. The van der Waals surface area contributed by atoms with Gasteiger partial charge in [-0.05, 0) is 31.4 Å². The number of amides is 1. The van der Waals surface area contributed by atoms with Crippen molar-refractivity contribution >= 4 is 5.91 Å². The Morgan fingerprint density at radius 3 is 2.88 bits per heavy atom. The predicted molar refractivity (Wildman–Crippen MR) is 95.5 cm³/mol. The monoisotopic (exact) mass is 340 g/mol. The minimum absolute atomic E-state index is 0.0436. The highest BCUT2D eigenvalue weighted by molar-refractivity contribution is 5.76. The van der Waals surface area contributed by atoms with E-state index >= 15 is 0 Å². The summed E-state index contributed by atoms with van der Waals surface area (Å²) in [5.41, 5.74) is 2.40. The Balaban J connectivity index is 1.52. The van der Waals surface area contributed by atoms with Gasteiger partial charge < -0.3 is 14.8 Å². The van der Waals surface area contributed by atoms with Crippen molar-refractivity contribution in [3.63, 3.8) is 0 Å². The number of ether oxygens (including phenoxy) is 2. The number of benzene rings is 1. The molecule has 1 aliphatic rings. The molecule has 2 atom stereocenters. The smallest absolute Gasteiger partial charge is 0.220 e. The molecule has 25 heavy (non-hydrogen) atoms. The van der Waals surface area contributed by atoms with Gasteiger partial charge in [0.05, 0.1) is 12.6 Å². The number of hydrogen-bond acceptors (Lipinski definition) is 4. The maximum absolute atomic E-state index is 12.3. The van der Waals surface area contributed by atoms with Crippen LogP contribution >= 0.6 is 0 Å². The van der Waals surface area contributed by atoms with Gasteiger partial charge in [-0.2, -0.15) is 0 Å². The van der Waals surface area contributed by atoms with E-state index in [2.05, 4.69) is 41.5 Å². The van der Waals surface area contributed by atoms with E-state index in [1.807, 2.05) is 18.2 Å². The highest BCUT2D eigenvalue weighted by Crippen LogP contribution is 2.16. The molecule has 1 aromatic heterocycles. The fraction of sp³-hybridized carbons (Fsp3) is 0.400. The molecule has 2 aromatic rings. The number of nitrogens with zero attached hydrogens (tertiary/aromatic N) is 1. The number of aryl methyl sites for hydroxylation is 2. The van der Waals surface area contributed by atoms with Crippen LogP contribution < -0.4 is 10.1 Å². The number of carbonyl (C=O) groups is 1. The van der Waals surface area contributed by atoms with Gasteiger partial charge in [-0.3, -0.25) is 4.79 Å². The zero-order valence-corrected chi connectivity index (χ0v) is 14.5. The minimum Gasteiger partial charge on any atom is -0.470 e. The minimum atomic E-state index is -0.216. The first-order chi connectivity index (χ1) is 12.2. The van der Waals surface area contributed by atoms with E-state index in [1.165, 1.54) is 11.1 Å². The second-order valence-electron chi connectivity index (χ2n) is 6.35. The average Bonchev–Trinajstić information content (AvgIpc) is 2.64. The van der Waals surface area contributed by atoms with Crippen molar-refractivity contribution in [1.82, 2.24) is 10.3 Å². The summed E-state index contributed by atoms with van der Waals surface area (Å²) in [5.74, 6) is 0.596. The van der Waals surface area contributed by atoms with Crippen LogP contribution in [-0.2, 0) is 16.0 Å². The van der Waals surface area contributed by atoms with Gasteiger partial charge in [0.25, 0.3) is 0 Å². The van der Waals surface area contributed by atoms with Crippen molar-refractivity contribution in [2.45, 2.75) is 38.3 Å². The largest absolute Gasteiger partial charge is 0.470 e. The van der Waals surface area contributed by atoms with Gasteiger partial charge in [-0.1, -0.05) is 35.9 Å². The van der Waals surface area contributed by atoms with Crippen LogP contribution in [0.15, 0.2) is 48.7 Å². The summed E-state index contributed by atoms with van der Waals surface area (Å²) < 4.78 is 11.4. The second kappa shape index (κ2) is 8.62. The zero-order chi connectivity index (χ0) is 17.5. The Morgan fingerprint density at radius 2 is 2.12 bits per heavy atom. The van der Waals surface area contributed by atoms with Crippen LogP contribution in [0.1, 0.15) is 24.0 Å². The van der Waals surface area contributed by atoms with Gasteiger partial charge in [0, 0.05) is 25.3 Å². The molecule has 0 radical (unpaired) electrons. The molecule has 1 N–H and O–H groups in total. The molecule has 1 fully saturated rings. The highest BCUT2D eigenvalue weighted by atomic mass is 16.5. The van der Waals surface area contributed by atoms with E-state index in [1.54, 1.807) is 6.20 Å². The van der Waals surface area contributed by atoms with E-state index < -0.39 is 0 Å². The van der Waals surface area contributed by atoms with Gasteiger partial charge in [0.1, 0.15) is 6.10 Å². The van der Waals surface area contributed by atoms with E-state index in [9.17, 15) is 4.79 Å². The molecule has 1 amide bonds. The SMILES string of the molecule is Cc1ccc(CCC(=O)N[C@@H]2CCOC[C@H]2Oc2ccccn2)cc1. The molecular weight excluding hydrogens is 316 g/mol. The van der Waals surface area contributed by atoms with Gasteiger partial charge in [-0.15, -0.1) is 0 Å². The zero-order valence-electron chi connectivity index (χ0n) is 14.5. The molecule has 0 aliphatic carbocycles. The molecule has 5 heteroatoms. The van der Waals surface area contributed by atoms with E-state index in [-0.39, 0.29) is 18.1 Å². The summed E-state index contributed by atoms with van der Waals surface area (Å²) in [6, 6.07) is 13.8. The summed E-state index contributed by atoms with van der Waals surface area (Å²) in [5, 5.41) is 3.10. The lowest BCUT2D eigenvalue weighted by Gasteiger charge is -2.32. The van der Waals surface area contributed by atoms with Crippen LogP contribution in [-0.4, -0.2) is 36.3 Å². The highest BCUT2D eigenvalue weighted by Gasteiger charge is 2.29. The first kappa shape index (κ1) is 17.4. The number of nitrogens with one attached hydrogen (secondary N) is 1.